The summed E-state index contributed by atoms with van der Waals surface area (Å²) in [4.78, 5) is 2.74. The van der Waals surface area contributed by atoms with Crippen molar-refractivity contribution >= 4 is 11.3 Å². The van der Waals surface area contributed by atoms with E-state index >= 15 is 0 Å². The van der Waals surface area contributed by atoms with Gasteiger partial charge in [0.15, 0.2) is 0 Å². The van der Waals surface area contributed by atoms with E-state index in [0.717, 1.165) is 19.6 Å². The van der Waals surface area contributed by atoms with Crippen molar-refractivity contribution in [1.29, 1.82) is 0 Å². The molecule has 0 aliphatic carbocycles. The Kier molecular flexibility index (Phi) is 5.86. The molecule has 0 spiro atoms. The van der Waals surface area contributed by atoms with E-state index in [1.807, 2.05) is 11.3 Å². The summed E-state index contributed by atoms with van der Waals surface area (Å²) in [7, 11) is 1.71. The molecule has 0 aliphatic rings. The number of hydrogen-bond donors (Lipinski definition) is 2. The summed E-state index contributed by atoms with van der Waals surface area (Å²) in [5.41, 5.74) is 5.74. The fraction of sp³-hybridized carbons (Fsp3) is 0.636. The molecule has 0 bridgehead atoms. The zero-order valence-electron chi connectivity index (χ0n) is 9.45. The van der Waals surface area contributed by atoms with E-state index < -0.39 is 0 Å². The predicted molar refractivity (Wildman–Crippen MR) is 65.4 cm³/mol. The van der Waals surface area contributed by atoms with E-state index in [9.17, 15) is 0 Å². The second kappa shape index (κ2) is 6.95. The van der Waals surface area contributed by atoms with Crippen LogP contribution in [0.5, 0.6) is 0 Å². The predicted octanol–water partition coefficient (Wildman–Crippen LogP) is 1.55. The highest BCUT2D eigenvalue weighted by atomic mass is 32.1. The van der Waals surface area contributed by atoms with Crippen LogP contribution in [0, 0.1) is 0 Å². The molecule has 0 aliphatic heterocycles. The van der Waals surface area contributed by atoms with Crippen LogP contribution in [-0.4, -0.2) is 26.8 Å². The van der Waals surface area contributed by atoms with Crippen molar-refractivity contribution in [3.8, 4) is 0 Å². The van der Waals surface area contributed by atoms with E-state index in [4.69, 9.17) is 10.5 Å². The Balaban J connectivity index is 2.49. The highest BCUT2D eigenvalue weighted by Gasteiger charge is 2.10. The highest BCUT2D eigenvalue weighted by molar-refractivity contribution is 7.12. The lowest BCUT2D eigenvalue weighted by Gasteiger charge is -2.14. The van der Waals surface area contributed by atoms with Crippen LogP contribution in [-0.2, 0) is 11.2 Å². The number of thiophene rings is 1. The molecule has 1 atom stereocenters. The van der Waals surface area contributed by atoms with Crippen molar-refractivity contribution in [3.05, 3.63) is 21.9 Å². The Hall–Kier alpha value is -0.420. The Bertz CT molecular complexity index is 275. The lowest BCUT2D eigenvalue weighted by atomic mass is 10.2. The lowest BCUT2D eigenvalue weighted by Crippen LogP contribution is -2.30. The second-order valence-corrected chi connectivity index (χ2v) is 4.59. The number of rotatable bonds is 7. The number of methoxy groups -OCH3 is 1. The molecule has 0 fully saturated rings. The standard InChI is InChI=1S/C11H20N2OS/c1-3-9-4-5-11(15-9)10(8-12)13-6-7-14-2/h4-5,10,13H,3,6-8,12H2,1-2H3. The zero-order chi connectivity index (χ0) is 11.1. The molecule has 0 saturated carbocycles. The van der Waals surface area contributed by atoms with Crippen molar-refractivity contribution < 1.29 is 4.74 Å². The van der Waals surface area contributed by atoms with Crippen molar-refractivity contribution in [2.75, 3.05) is 26.8 Å². The van der Waals surface area contributed by atoms with Crippen LogP contribution < -0.4 is 11.1 Å². The quantitative estimate of drug-likeness (QED) is 0.696. The molecule has 0 saturated heterocycles. The molecule has 1 unspecified atom stereocenters. The van der Waals surface area contributed by atoms with Gasteiger partial charge in [-0.3, -0.25) is 0 Å². The van der Waals surface area contributed by atoms with Gasteiger partial charge in [-0.05, 0) is 18.6 Å². The third-order valence-electron chi connectivity index (χ3n) is 2.31. The molecule has 15 heavy (non-hydrogen) atoms. The molecule has 0 radical (unpaired) electrons. The van der Waals surface area contributed by atoms with Gasteiger partial charge in [0.05, 0.1) is 12.6 Å². The van der Waals surface area contributed by atoms with Crippen molar-refractivity contribution in [1.82, 2.24) is 5.32 Å². The van der Waals surface area contributed by atoms with Gasteiger partial charge in [0, 0.05) is 30.0 Å². The third kappa shape index (κ3) is 3.91. The minimum atomic E-state index is 0.269. The summed E-state index contributed by atoms with van der Waals surface area (Å²) in [6.45, 7) is 4.37. The van der Waals surface area contributed by atoms with Gasteiger partial charge in [0.1, 0.15) is 0 Å². The molecule has 86 valence electrons. The number of ether oxygens (including phenoxy) is 1. The average molecular weight is 228 g/mol. The Morgan fingerprint density at radius 2 is 2.33 bits per heavy atom. The fourth-order valence-electron chi connectivity index (χ4n) is 1.41. The van der Waals surface area contributed by atoms with Gasteiger partial charge >= 0.3 is 0 Å². The molecular weight excluding hydrogens is 208 g/mol. The smallest absolute Gasteiger partial charge is 0.0587 e. The van der Waals surface area contributed by atoms with Crippen molar-refractivity contribution in [2.24, 2.45) is 5.73 Å². The molecule has 3 nitrogen and oxygen atoms in total. The maximum absolute atomic E-state index is 5.74. The number of aryl methyl sites for hydroxylation is 1. The average Bonchev–Trinajstić information content (AvgIpc) is 2.73. The van der Waals surface area contributed by atoms with Gasteiger partial charge in [-0.1, -0.05) is 6.92 Å². The maximum atomic E-state index is 5.74. The van der Waals surface area contributed by atoms with Crippen LogP contribution in [0.25, 0.3) is 0 Å². The van der Waals surface area contributed by atoms with E-state index in [-0.39, 0.29) is 6.04 Å². The fourth-order valence-corrected chi connectivity index (χ4v) is 2.45. The zero-order valence-corrected chi connectivity index (χ0v) is 10.3. The molecule has 1 aromatic rings. The van der Waals surface area contributed by atoms with Gasteiger partial charge in [-0.15, -0.1) is 11.3 Å². The van der Waals surface area contributed by atoms with Crippen LogP contribution >= 0.6 is 11.3 Å². The molecule has 1 rings (SSSR count). The number of nitrogens with two attached hydrogens (primary N) is 1. The summed E-state index contributed by atoms with van der Waals surface area (Å²) in [5, 5.41) is 3.38. The van der Waals surface area contributed by atoms with Gasteiger partial charge in [-0.25, -0.2) is 0 Å². The lowest BCUT2D eigenvalue weighted by molar-refractivity contribution is 0.196. The van der Waals surface area contributed by atoms with Crippen molar-refractivity contribution in [2.45, 2.75) is 19.4 Å². The van der Waals surface area contributed by atoms with Crippen LogP contribution in [0.1, 0.15) is 22.7 Å². The monoisotopic (exact) mass is 228 g/mol. The molecule has 0 amide bonds. The van der Waals surface area contributed by atoms with E-state index in [2.05, 4.69) is 24.4 Å². The maximum Gasteiger partial charge on any atom is 0.0587 e. The number of hydrogen-bond acceptors (Lipinski definition) is 4. The van der Waals surface area contributed by atoms with E-state index in [1.165, 1.54) is 9.75 Å². The summed E-state index contributed by atoms with van der Waals surface area (Å²) < 4.78 is 5.00. The first-order valence-corrected chi connectivity index (χ1v) is 6.14. The summed E-state index contributed by atoms with van der Waals surface area (Å²) in [6, 6.07) is 4.62. The first-order chi connectivity index (χ1) is 7.31. The summed E-state index contributed by atoms with van der Waals surface area (Å²) >= 11 is 1.84. The number of nitrogens with one attached hydrogen (secondary N) is 1. The molecular formula is C11H20N2OS. The van der Waals surface area contributed by atoms with Gasteiger partial charge in [-0.2, -0.15) is 0 Å². The molecule has 1 aromatic heterocycles. The SMILES string of the molecule is CCc1ccc(C(CN)NCCOC)s1. The third-order valence-corrected chi connectivity index (χ3v) is 3.65. The topological polar surface area (TPSA) is 47.3 Å². The minimum Gasteiger partial charge on any atom is -0.383 e. The molecule has 4 heteroatoms. The first-order valence-electron chi connectivity index (χ1n) is 5.32. The van der Waals surface area contributed by atoms with Crippen LogP contribution in [0.15, 0.2) is 12.1 Å². The van der Waals surface area contributed by atoms with Gasteiger partial charge in [0.25, 0.3) is 0 Å². The van der Waals surface area contributed by atoms with Crippen LogP contribution in [0.3, 0.4) is 0 Å². The second-order valence-electron chi connectivity index (χ2n) is 3.39. The Morgan fingerprint density at radius 1 is 1.53 bits per heavy atom. The van der Waals surface area contributed by atoms with Crippen LogP contribution in [0.2, 0.25) is 0 Å². The van der Waals surface area contributed by atoms with Gasteiger partial charge < -0.3 is 15.8 Å². The molecule has 1 heterocycles. The first kappa shape index (κ1) is 12.6. The van der Waals surface area contributed by atoms with E-state index in [0.29, 0.717) is 6.54 Å². The summed E-state index contributed by atoms with van der Waals surface area (Å²) in [6.07, 6.45) is 1.10. The molecule has 0 aromatic carbocycles. The van der Waals surface area contributed by atoms with Gasteiger partial charge in [0.2, 0.25) is 0 Å². The highest BCUT2D eigenvalue weighted by Crippen LogP contribution is 2.22. The minimum absolute atomic E-state index is 0.269. The summed E-state index contributed by atoms with van der Waals surface area (Å²) in [5.74, 6) is 0. The van der Waals surface area contributed by atoms with E-state index in [1.54, 1.807) is 7.11 Å². The molecule has 3 N–H and O–H groups in total. The van der Waals surface area contributed by atoms with Crippen LogP contribution in [0.4, 0.5) is 0 Å². The Morgan fingerprint density at radius 3 is 2.87 bits per heavy atom. The van der Waals surface area contributed by atoms with Crippen molar-refractivity contribution in [3.63, 3.8) is 0 Å². The Labute approximate surface area is 95.6 Å². The normalized spacial score (nSPS) is 13.0. The largest absolute Gasteiger partial charge is 0.383 e.